The van der Waals surface area contributed by atoms with Crippen LogP contribution < -0.4 is 15.4 Å². The van der Waals surface area contributed by atoms with Crippen molar-refractivity contribution in [2.75, 3.05) is 11.9 Å². The van der Waals surface area contributed by atoms with Crippen LogP contribution >= 0.6 is 12.2 Å². The molecule has 0 aliphatic heterocycles. The average molecular weight is 290 g/mol. The SMILES string of the molecule is CCOc1cccc(NC(=S)N[C@@H]2C[C@H]3CC[C@H]2C3)c1. The summed E-state index contributed by atoms with van der Waals surface area (Å²) >= 11 is 5.43. The van der Waals surface area contributed by atoms with Gasteiger partial charge in [0.1, 0.15) is 5.75 Å². The second kappa shape index (κ2) is 6.00. The van der Waals surface area contributed by atoms with Gasteiger partial charge in [0.15, 0.2) is 5.11 Å². The molecule has 0 amide bonds. The van der Waals surface area contributed by atoms with Crippen molar-refractivity contribution in [3.8, 4) is 5.75 Å². The van der Waals surface area contributed by atoms with Gasteiger partial charge in [0.2, 0.25) is 0 Å². The molecular weight excluding hydrogens is 268 g/mol. The highest BCUT2D eigenvalue weighted by atomic mass is 32.1. The van der Waals surface area contributed by atoms with E-state index in [9.17, 15) is 0 Å². The molecule has 2 aliphatic rings. The number of ether oxygens (including phenoxy) is 1. The Balaban J connectivity index is 1.54. The number of benzene rings is 1. The summed E-state index contributed by atoms with van der Waals surface area (Å²) < 4.78 is 5.50. The molecule has 1 aromatic rings. The number of hydrogen-bond acceptors (Lipinski definition) is 2. The van der Waals surface area contributed by atoms with E-state index < -0.39 is 0 Å². The van der Waals surface area contributed by atoms with Gasteiger partial charge in [-0.05, 0) is 62.4 Å². The molecule has 0 saturated heterocycles. The first-order chi connectivity index (χ1) is 9.74. The van der Waals surface area contributed by atoms with Gasteiger partial charge in [-0.2, -0.15) is 0 Å². The second-order valence-corrected chi connectivity index (χ2v) is 6.25. The molecule has 2 bridgehead atoms. The van der Waals surface area contributed by atoms with Gasteiger partial charge < -0.3 is 15.4 Å². The van der Waals surface area contributed by atoms with E-state index in [1.165, 1.54) is 25.7 Å². The Morgan fingerprint density at radius 3 is 2.95 bits per heavy atom. The molecule has 20 heavy (non-hydrogen) atoms. The van der Waals surface area contributed by atoms with Crippen LogP contribution in [0.2, 0.25) is 0 Å². The fourth-order valence-electron chi connectivity index (χ4n) is 3.59. The predicted octanol–water partition coefficient (Wildman–Crippen LogP) is 3.56. The summed E-state index contributed by atoms with van der Waals surface area (Å²) in [6.07, 6.45) is 5.45. The lowest BCUT2D eigenvalue weighted by Crippen LogP contribution is -2.40. The molecule has 3 nitrogen and oxygen atoms in total. The molecule has 2 aliphatic carbocycles. The van der Waals surface area contributed by atoms with Gasteiger partial charge in [-0.25, -0.2) is 0 Å². The minimum absolute atomic E-state index is 0.573. The second-order valence-electron chi connectivity index (χ2n) is 5.84. The Morgan fingerprint density at radius 1 is 1.35 bits per heavy atom. The molecule has 2 N–H and O–H groups in total. The maximum absolute atomic E-state index is 5.50. The minimum Gasteiger partial charge on any atom is -0.494 e. The van der Waals surface area contributed by atoms with Crippen molar-refractivity contribution in [3.05, 3.63) is 24.3 Å². The van der Waals surface area contributed by atoms with Gasteiger partial charge in [-0.1, -0.05) is 12.5 Å². The molecule has 0 radical (unpaired) electrons. The number of rotatable bonds is 4. The summed E-state index contributed by atoms with van der Waals surface area (Å²) in [5, 5.41) is 7.49. The third-order valence-electron chi connectivity index (χ3n) is 4.46. The topological polar surface area (TPSA) is 33.3 Å². The molecule has 0 unspecified atom stereocenters. The smallest absolute Gasteiger partial charge is 0.171 e. The van der Waals surface area contributed by atoms with Gasteiger partial charge >= 0.3 is 0 Å². The molecule has 4 heteroatoms. The zero-order valence-electron chi connectivity index (χ0n) is 11.9. The first kappa shape index (κ1) is 13.7. The molecular formula is C16H22N2OS. The normalized spacial score (nSPS) is 27.4. The summed E-state index contributed by atoms with van der Waals surface area (Å²) in [7, 11) is 0. The maximum Gasteiger partial charge on any atom is 0.171 e. The molecule has 2 saturated carbocycles. The minimum atomic E-state index is 0.573. The van der Waals surface area contributed by atoms with Crippen molar-refractivity contribution in [1.29, 1.82) is 0 Å². The van der Waals surface area contributed by atoms with Crippen LogP contribution in [0.1, 0.15) is 32.6 Å². The molecule has 3 atom stereocenters. The lowest BCUT2D eigenvalue weighted by atomic mass is 9.96. The van der Waals surface area contributed by atoms with Gasteiger partial charge in [-0.3, -0.25) is 0 Å². The number of nitrogens with one attached hydrogen (secondary N) is 2. The fourth-order valence-corrected chi connectivity index (χ4v) is 3.86. The van der Waals surface area contributed by atoms with E-state index in [1.807, 2.05) is 31.2 Å². The van der Waals surface area contributed by atoms with Crippen LogP contribution in [0.5, 0.6) is 5.75 Å². The van der Waals surface area contributed by atoms with E-state index in [2.05, 4.69) is 10.6 Å². The Morgan fingerprint density at radius 2 is 2.25 bits per heavy atom. The number of fused-ring (bicyclic) bond motifs is 2. The number of hydrogen-bond donors (Lipinski definition) is 2. The summed E-state index contributed by atoms with van der Waals surface area (Å²) in [5.41, 5.74) is 0.983. The van der Waals surface area contributed by atoms with Crippen molar-refractivity contribution in [2.45, 2.75) is 38.6 Å². The molecule has 3 rings (SSSR count). The zero-order chi connectivity index (χ0) is 13.9. The monoisotopic (exact) mass is 290 g/mol. The highest BCUT2D eigenvalue weighted by molar-refractivity contribution is 7.80. The molecule has 108 valence electrons. The van der Waals surface area contributed by atoms with Gasteiger partial charge in [0.05, 0.1) is 6.61 Å². The molecule has 0 aromatic heterocycles. The van der Waals surface area contributed by atoms with Gasteiger partial charge in [0.25, 0.3) is 0 Å². The van der Waals surface area contributed by atoms with Crippen molar-refractivity contribution in [3.63, 3.8) is 0 Å². The summed E-state index contributed by atoms with van der Waals surface area (Å²) in [5.74, 6) is 2.64. The van der Waals surface area contributed by atoms with E-state index in [4.69, 9.17) is 17.0 Å². The first-order valence-electron chi connectivity index (χ1n) is 7.55. The quantitative estimate of drug-likeness (QED) is 0.831. The zero-order valence-corrected chi connectivity index (χ0v) is 12.7. The Labute approximate surface area is 126 Å². The van der Waals surface area contributed by atoms with Crippen molar-refractivity contribution in [1.82, 2.24) is 5.32 Å². The van der Waals surface area contributed by atoms with E-state index in [0.717, 1.165) is 28.4 Å². The van der Waals surface area contributed by atoms with Gasteiger partial charge in [0, 0.05) is 17.8 Å². The van der Waals surface area contributed by atoms with Crippen LogP contribution in [-0.4, -0.2) is 17.8 Å². The van der Waals surface area contributed by atoms with E-state index in [0.29, 0.717) is 12.6 Å². The standard InChI is InChI=1S/C16H22N2OS/c1-2-19-14-5-3-4-13(10-14)17-16(20)18-15-9-11-6-7-12(15)8-11/h3-5,10-12,15H,2,6-9H2,1H3,(H2,17,18,20)/t11-,12-,15+/m0/s1. The number of thiocarbonyl (C=S) groups is 1. The maximum atomic E-state index is 5.50. The molecule has 2 fully saturated rings. The van der Waals surface area contributed by atoms with Crippen LogP contribution in [0.25, 0.3) is 0 Å². The highest BCUT2D eigenvalue weighted by Gasteiger charge is 2.39. The largest absolute Gasteiger partial charge is 0.494 e. The van der Waals surface area contributed by atoms with Crippen molar-refractivity contribution in [2.24, 2.45) is 11.8 Å². The Kier molecular flexibility index (Phi) is 4.10. The third kappa shape index (κ3) is 3.06. The lowest BCUT2D eigenvalue weighted by Gasteiger charge is -2.24. The summed E-state index contributed by atoms with van der Waals surface area (Å²) in [6, 6.07) is 8.51. The average Bonchev–Trinajstić information content (AvgIpc) is 3.01. The molecule has 1 aromatic carbocycles. The van der Waals surface area contributed by atoms with Crippen molar-refractivity contribution < 1.29 is 4.74 Å². The van der Waals surface area contributed by atoms with Crippen LogP contribution in [0.15, 0.2) is 24.3 Å². The highest BCUT2D eigenvalue weighted by Crippen LogP contribution is 2.44. The first-order valence-corrected chi connectivity index (χ1v) is 7.96. The lowest BCUT2D eigenvalue weighted by molar-refractivity contribution is 0.340. The Bertz CT molecular complexity index is 491. The number of anilines is 1. The van der Waals surface area contributed by atoms with Crippen LogP contribution in [-0.2, 0) is 0 Å². The third-order valence-corrected chi connectivity index (χ3v) is 4.68. The van der Waals surface area contributed by atoms with E-state index in [-0.39, 0.29) is 0 Å². The van der Waals surface area contributed by atoms with Crippen LogP contribution in [0, 0.1) is 11.8 Å². The van der Waals surface area contributed by atoms with E-state index in [1.54, 1.807) is 0 Å². The van der Waals surface area contributed by atoms with Gasteiger partial charge in [-0.15, -0.1) is 0 Å². The molecule has 0 spiro atoms. The summed E-state index contributed by atoms with van der Waals surface area (Å²) in [6.45, 7) is 2.67. The summed E-state index contributed by atoms with van der Waals surface area (Å²) in [4.78, 5) is 0. The fraction of sp³-hybridized carbons (Fsp3) is 0.562. The van der Waals surface area contributed by atoms with Crippen LogP contribution in [0.4, 0.5) is 5.69 Å². The van der Waals surface area contributed by atoms with E-state index >= 15 is 0 Å². The Hall–Kier alpha value is -1.29. The van der Waals surface area contributed by atoms with Crippen molar-refractivity contribution >= 4 is 23.0 Å². The van der Waals surface area contributed by atoms with Crippen LogP contribution in [0.3, 0.4) is 0 Å². The predicted molar refractivity (Wildman–Crippen MR) is 86.2 cm³/mol. The molecule has 0 heterocycles.